The summed E-state index contributed by atoms with van der Waals surface area (Å²) in [5.74, 6) is 0.0163. The molecule has 0 aliphatic heterocycles. The lowest BCUT2D eigenvalue weighted by Crippen LogP contribution is -2.52. The van der Waals surface area contributed by atoms with E-state index >= 15 is 0 Å². The van der Waals surface area contributed by atoms with Gasteiger partial charge in [0, 0.05) is 6.04 Å². The number of hydrogen-bond acceptors (Lipinski definition) is 3. The van der Waals surface area contributed by atoms with E-state index in [1.165, 1.54) is 32.1 Å². The van der Waals surface area contributed by atoms with Crippen LogP contribution in [0, 0.1) is 17.2 Å². The van der Waals surface area contributed by atoms with E-state index in [0.717, 1.165) is 12.8 Å². The van der Waals surface area contributed by atoms with Crippen LogP contribution in [0.2, 0.25) is 0 Å². The van der Waals surface area contributed by atoms with Crippen LogP contribution in [0.25, 0.3) is 0 Å². The van der Waals surface area contributed by atoms with Crippen molar-refractivity contribution in [2.45, 2.75) is 77.3 Å². The van der Waals surface area contributed by atoms with E-state index < -0.39 is 5.54 Å². The molecule has 0 aromatic rings. The molecule has 1 atom stereocenters. The number of nitriles is 1. The Bertz CT molecular complexity index is 340. The average molecular weight is 279 g/mol. The molecular weight excluding hydrogens is 250 g/mol. The van der Waals surface area contributed by atoms with E-state index in [1.54, 1.807) is 6.92 Å². The molecule has 0 aromatic heterocycles. The second-order valence-electron chi connectivity index (χ2n) is 6.44. The second-order valence-corrected chi connectivity index (χ2v) is 6.44. The Hall–Kier alpha value is -1.08. The Morgan fingerprint density at radius 3 is 2.30 bits per heavy atom. The van der Waals surface area contributed by atoms with Crippen LogP contribution in [0.3, 0.4) is 0 Å². The number of amides is 1. The lowest BCUT2D eigenvalue weighted by molar-refractivity contribution is -0.122. The molecule has 0 radical (unpaired) electrons. The van der Waals surface area contributed by atoms with Crippen LogP contribution in [0.4, 0.5) is 0 Å². The first kappa shape index (κ1) is 17.0. The molecule has 1 amide bonds. The van der Waals surface area contributed by atoms with Gasteiger partial charge in [-0.25, -0.2) is 0 Å². The van der Waals surface area contributed by atoms with E-state index in [4.69, 9.17) is 0 Å². The fourth-order valence-electron chi connectivity index (χ4n) is 2.53. The van der Waals surface area contributed by atoms with Crippen LogP contribution in [0.15, 0.2) is 0 Å². The van der Waals surface area contributed by atoms with E-state index in [1.807, 2.05) is 13.8 Å². The van der Waals surface area contributed by atoms with Gasteiger partial charge < -0.3 is 10.6 Å². The second kappa shape index (κ2) is 8.26. The molecular formula is C16H29N3O. The monoisotopic (exact) mass is 279 g/mol. The number of hydrogen-bond donors (Lipinski definition) is 2. The maximum atomic E-state index is 12.0. The maximum absolute atomic E-state index is 12.0. The van der Waals surface area contributed by atoms with Gasteiger partial charge in [0.2, 0.25) is 5.91 Å². The highest BCUT2D eigenvalue weighted by atomic mass is 16.2. The minimum atomic E-state index is -0.778. The summed E-state index contributed by atoms with van der Waals surface area (Å²) in [6.07, 6.45) is 8.79. The standard InChI is InChI=1S/C16H29N3O/c1-13(2)16(3,12-17)19-15(20)11-18-14-9-7-5-4-6-8-10-14/h13-14,18H,4-11H2,1-3H3,(H,19,20)/t16-/m0/s1. The van der Waals surface area contributed by atoms with Gasteiger partial charge in [0.05, 0.1) is 12.6 Å². The van der Waals surface area contributed by atoms with Crippen LogP contribution in [0.5, 0.6) is 0 Å². The quantitative estimate of drug-likeness (QED) is 0.813. The van der Waals surface area contributed by atoms with E-state index in [-0.39, 0.29) is 11.8 Å². The lowest BCUT2D eigenvalue weighted by Gasteiger charge is -2.28. The number of carbonyl (C=O) groups excluding carboxylic acids is 1. The minimum absolute atomic E-state index is 0.0789. The minimum Gasteiger partial charge on any atom is -0.337 e. The van der Waals surface area contributed by atoms with Gasteiger partial charge in [0.15, 0.2) is 0 Å². The Kier molecular flexibility index (Phi) is 7.01. The molecule has 0 bridgehead atoms. The maximum Gasteiger partial charge on any atom is 0.235 e. The third-order valence-corrected chi connectivity index (χ3v) is 4.44. The molecule has 114 valence electrons. The zero-order chi connectivity index (χ0) is 15.0. The normalized spacial score (nSPS) is 20.6. The fourth-order valence-corrected chi connectivity index (χ4v) is 2.53. The zero-order valence-electron chi connectivity index (χ0n) is 13.2. The average Bonchev–Trinajstić information content (AvgIpc) is 2.37. The van der Waals surface area contributed by atoms with Crippen LogP contribution >= 0.6 is 0 Å². The first-order valence-electron chi connectivity index (χ1n) is 7.93. The van der Waals surface area contributed by atoms with Crippen molar-refractivity contribution in [3.05, 3.63) is 0 Å². The van der Waals surface area contributed by atoms with E-state index in [9.17, 15) is 10.1 Å². The summed E-state index contributed by atoms with van der Waals surface area (Å²) in [7, 11) is 0. The third kappa shape index (κ3) is 5.50. The molecule has 4 heteroatoms. The Labute approximate surface area is 123 Å². The first-order chi connectivity index (χ1) is 9.48. The molecule has 1 aliphatic carbocycles. The Morgan fingerprint density at radius 1 is 1.25 bits per heavy atom. The number of nitrogens with one attached hydrogen (secondary N) is 2. The van der Waals surface area contributed by atoms with E-state index in [2.05, 4.69) is 16.7 Å². The van der Waals surface area contributed by atoms with Crippen LogP contribution in [0.1, 0.15) is 65.7 Å². The molecule has 2 N–H and O–H groups in total. The first-order valence-corrected chi connectivity index (χ1v) is 7.93. The van der Waals surface area contributed by atoms with Gasteiger partial charge in [-0.3, -0.25) is 4.79 Å². The van der Waals surface area contributed by atoms with Gasteiger partial charge in [-0.1, -0.05) is 46.0 Å². The largest absolute Gasteiger partial charge is 0.337 e. The molecule has 4 nitrogen and oxygen atoms in total. The van der Waals surface area contributed by atoms with Gasteiger partial charge in [-0.15, -0.1) is 0 Å². The summed E-state index contributed by atoms with van der Waals surface area (Å²) >= 11 is 0. The van der Waals surface area contributed by atoms with Crippen LogP contribution < -0.4 is 10.6 Å². The SMILES string of the molecule is CC(C)[C@](C)(C#N)NC(=O)CNC1CCCCCCC1. The predicted octanol–water partition coefficient (Wildman–Crippen LogP) is 2.74. The third-order valence-electron chi connectivity index (χ3n) is 4.44. The van der Waals surface area contributed by atoms with Crippen LogP contribution in [-0.2, 0) is 4.79 Å². The molecule has 20 heavy (non-hydrogen) atoms. The van der Waals surface area contributed by atoms with Gasteiger partial charge in [0.1, 0.15) is 5.54 Å². The molecule has 1 aliphatic rings. The predicted molar refractivity (Wildman–Crippen MR) is 81.1 cm³/mol. The molecule has 0 saturated heterocycles. The number of carbonyl (C=O) groups is 1. The Balaban J connectivity index is 2.36. The topological polar surface area (TPSA) is 64.9 Å². The number of rotatable bonds is 5. The lowest BCUT2D eigenvalue weighted by atomic mass is 9.90. The highest BCUT2D eigenvalue weighted by Crippen LogP contribution is 2.17. The van der Waals surface area contributed by atoms with Crippen molar-refractivity contribution in [3.63, 3.8) is 0 Å². The summed E-state index contributed by atoms with van der Waals surface area (Å²) in [5, 5.41) is 15.4. The Morgan fingerprint density at radius 2 is 1.80 bits per heavy atom. The van der Waals surface area contributed by atoms with Crippen molar-refractivity contribution >= 4 is 5.91 Å². The van der Waals surface area contributed by atoms with Gasteiger partial charge in [-0.2, -0.15) is 5.26 Å². The summed E-state index contributed by atoms with van der Waals surface area (Å²) < 4.78 is 0. The molecule has 0 heterocycles. The van der Waals surface area contributed by atoms with Gasteiger partial charge in [0.25, 0.3) is 0 Å². The fraction of sp³-hybridized carbons (Fsp3) is 0.875. The highest BCUT2D eigenvalue weighted by molar-refractivity contribution is 5.79. The zero-order valence-corrected chi connectivity index (χ0v) is 13.2. The summed E-state index contributed by atoms with van der Waals surface area (Å²) in [6, 6.07) is 2.66. The van der Waals surface area contributed by atoms with Crippen molar-refractivity contribution in [1.29, 1.82) is 5.26 Å². The summed E-state index contributed by atoms with van der Waals surface area (Å²) in [5.41, 5.74) is -0.778. The molecule has 1 rings (SSSR count). The van der Waals surface area contributed by atoms with Crippen molar-refractivity contribution in [3.8, 4) is 6.07 Å². The van der Waals surface area contributed by atoms with Crippen LogP contribution in [-0.4, -0.2) is 24.0 Å². The van der Waals surface area contributed by atoms with Crippen molar-refractivity contribution < 1.29 is 4.79 Å². The molecule has 0 aromatic carbocycles. The smallest absolute Gasteiger partial charge is 0.235 e. The summed E-state index contributed by atoms with van der Waals surface area (Å²) in [4.78, 5) is 12.0. The van der Waals surface area contributed by atoms with Crippen molar-refractivity contribution in [2.24, 2.45) is 5.92 Å². The molecule has 1 fully saturated rings. The number of nitrogens with zero attached hydrogens (tertiary/aromatic N) is 1. The van der Waals surface area contributed by atoms with Crippen molar-refractivity contribution in [2.75, 3.05) is 6.54 Å². The van der Waals surface area contributed by atoms with Gasteiger partial charge in [-0.05, 0) is 25.7 Å². The highest BCUT2D eigenvalue weighted by Gasteiger charge is 2.29. The molecule has 0 spiro atoms. The van der Waals surface area contributed by atoms with Gasteiger partial charge >= 0.3 is 0 Å². The molecule has 0 unspecified atom stereocenters. The van der Waals surface area contributed by atoms with Crippen molar-refractivity contribution in [1.82, 2.24) is 10.6 Å². The summed E-state index contributed by atoms with van der Waals surface area (Å²) in [6.45, 7) is 6.00. The van der Waals surface area contributed by atoms with E-state index in [0.29, 0.717) is 12.6 Å². The molecule has 1 saturated carbocycles.